The minimum atomic E-state index is -1.34. The molecule has 0 amide bonds. The maximum Gasteiger partial charge on any atom is 0.130 e. The van der Waals surface area contributed by atoms with Gasteiger partial charge in [0.1, 0.15) is 11.6 Å². The average molecular weight is 248 g/mol. The normalized spacial score (nSPS) is 14.8. The van der Waals surface area contributed by atoms with Crippen LogP contribution in [-0.4, -0.2) is 21.7 Å². The highest BCUT2D eigenvalue weighted by atomic mass is 32.2. The van der Waals surface area contributed by atoms with Crippen molar-refractivity contribution in [3.05, 3.63) is 35.4 Å². The second-order valence-corrected chi connectivity index (χ2v) is 5.11. The molecule has 1 aromatic rings. The van der Waals surface area contributed by atoms with Crippen molar-refractivity contribution in [1.82, 2.24) is 0 Å². The summed E-state index contributed by atoms with van der Waals surface area (Å²) in [5, 5.41) is 8.20. The summed E-state index contributed by atoms with van der Waals surface area (Å²) in [7, 11) is -1.34. The van der Waals surface area contributed by atoms with Gasteiger partial charge in [0, 0.05) is 28.2 Å². The summed E-state index contributed by atoms with van der Waals surface area (Å²) in [6.45, 7) is 1.58. The molecule has 0 aliphatic carbocycles. The SMILES string of the molecule is CCC(c1ccc(F)cc1F)S(=O)CCO. The van der Waals surface area contributed by atoms with Gasteiger partial charge in [-0.3, -0.25) is 4.21 Å². The van der Waals surface area contributed by atoms with Crippen molar-refractivity contribution in [1.29, 1.82) is 0 Å². The molecule has 0 heterocycles. The monoisotopic (exact) mass is 248 g/mol. The van der Waals surface area contributed by atoms with Crippen molar-refractivity contribution in [3.63, 3.8) is 0 Å². The molecule has 0 aliphatic heterocycles. The average Bonchev–Trinajstić information content (AvgIpc) is 2.22. The predicted molar refractivity (Wildman–Crippen MR) is 59.5 cm³/mol. The third-order valence-corrected chi connectivity index (χ3v) is 4.10. The summed E-state index contributed by atoms with van der Waals surface area (Å²) >= 11 is 0. The van der Waals surface area contributed by atoms with Crippen LogP contribution in [-0.2, 0) is 10.8 Å². The fraction of sp³-hybridized carbons (Fsp3) is 0.455. The molecule has 1 N–H and O–H groups in total. The van der Waals surface area contributed by atoms with E-state index in [9.17, 15) is 13.0 Å². The molecule has 90 valence electrons. The van der Waals surface area contributed by atoms with Crippen LogP contribution in [0, 0.1) is 11.6 Å². The van der Waals surface area contributed by atoms with Crippen molar-refractivity contribution >= 4 is 10.8 Å². The number of hydrogen-bond acceptors (Lipinski definition) is 2. The first kappa shape index (κ1) is 13.3. The Morgan fingerprint density at radius 2 is 2.12 bits per heavy atom. The molecule has 2 unspecified atom stereocenters. The Morgan fingerprint density at radius 1 is 1.44 bits per heavy atom. The Hall–Kier alpha value is -0.810. The number of hydrogen-bond donors (Lipinski definition) is 1. The van der Waals surface area contributed by atoms with E-state index < -0.39 is 27.7 Å². The zero-order valence-corrected chi connectivity index (χ0v) is 9.77. The minimum absolute atomic E-state index is 0.106. The number of aliphatic hydroxyl groups is 1. The van der Waals surface area contributed by atoms with Crippen LogP contribution in [0.4, 0.5) is 8.78 Å². The van der Waals surface area contributed by atoms with E-state index >= 15 is 0 Å². The lowest BCUT2D eigenvalue weighted by Crippen LogP contribution is -2.13. The summed E-state index contributed by atoms with van der Waals surface area (Å²) in [5.74, 6) is -1.22. The lowest BCUT2D eigenvalue weighted by atomic mass is 10.1. The molecular weight excluding hydrogens is 234 g/mol. The number of benzene rings is 1. The Morgan fingerprint density at radius 3 is 2.62 bits per heavy atom. The van der Waals surface area contributed by atoms with Gasteiger partial charge in [-0.05, 0) is 12.5 Å². The summed E-state index contributed by atoms with van der Waals surface area (Å²) in [4.78, 5) is 0. The van der Waals surface area contributed by atoms with Gasteiger partial charge in [0.25, 0.3) is 0 Å². The highest BCUT2D eigenvalue weighted by Crippen LogP contribution is 2.26. The van der Waals surface area contributed by atoms with Crippen molar-refractivity contribution in [3.8, 4) is 0 Å². The Kier molecular flexibility index (Phi) is 5.02. The molecule has 1 rings (SSSR count). The van der Waals surface area contributed by atoms with Crippen molar-refractivity contribution in [2.24, 2.45) is 0 Å². The fourth-order valence-electron chi connectivity index (χ4n) is 1.54. The molecule has 0 spiro atoms. The Balaban J connectivity index is 2.99. The predicted octanol–water partition coefficient (Wildman–Crippen LogP) is 2.16. The molecule has 2 nitrogen and oxygen atoms in total. The maximum atomic E-state index is 13.5. The highest BCUT2D eigenvalue weighted by molar-refractivity contribution is 7.85. The van der Waals surface area contributed by atoms with Gasteiger partial charge in [0.15, 0.2) is 0 Å². The molecule has 0 radical (unpaired) electrons. The van der Waals surface area contributed by atoms with E-state index in [0.717, 1.165) is 12.1 Å². The van der Waals surface area contributed by atoms with E-state index in [0.29, 0.717) is 6.42 Å². The molecule has 0 fully saturated rings. The molecule has 0 saturated heterocycles. The van der Waals surface area contributed by atoms with E-state index in [-0.39, 0.29) is 17.9 Å². The molecule has 0 aliphatic rings. The quantitative estimate of drug-likeness (QED) is 0.867. The smallest absolute Gasteiger partial charge is 0.130 e. The second-order valence-electron chi connectivity index (χ2n) is 3.37. The molecule has 16 heavy (non-hydrogen) atoms. The number of halogens is 2. The zero-order valence-electron chi connectivity index (χ0n) is 8.95. The van der Waals surface area contributed by atoms with Gasteiger partial charge in [0.05, 0.1) is 11.9 Å². The maximum absolute atomic E-state index is 13.5. The fourth-order valence-corrected chi connectivity index (χ4v) is 2.85. The highest BCUT2D eigenvalue weighted by Gasteiger charge is 2.20. The lowest BCUT2D eigenvalue weighted by molar-refractivity contribution is 0.321. The van der Waals surface area contributed by atoms with E-state index in [2.05, 4.69) is 0 Å². The van der Waals surface area contributed by atoms with Crippen LogP contribution in [0.1, 0.15) is 24.2 Å². The first-order valence-corrected chi connectivity index (χ1v) is 6.41. The number of rotatable bonds is 5. The first-order chi connectivity index (χ1) is 7.60. The number of aliphatic hydroxyl groups excluding tert-OH is 1. The first-order valence-electron chi connectivity index (χ1n) is 5.03. The largest absolute Gasteiger partial charge is 0.395 e. The summed E-state index contributed by atoms with van der Waals surface area (Å²) < 4.78 is 37.9. The van der Waals surface area contributed by atoms with Gasteiger partial charge in [-0.25, -0.2) is 8.78 Å². The molecule has 5 heteroatoms. The van der Waals surface area contributed by atoms with E-state index in [4.69, 9.17) is 5.11 Å². The Labute approximate surface area is 95.8 Å². The van der Waals surface area contributed by atoms with Crippen LogP contribution in [0.15, 0.2) is 18.2 Å². The second kappa shape index (κ2) is 6.06. The molecule has 2 atom stereocenters. The molecule has 0 saturated carbocycles. The van der Waals surface area contributed by atoms with Crippen LogP contribution >= 0.6 is 0 Å². The van der Waals surface area contributed by atoms with Crippen LogP contribution in [0.5, 0.6) is 0 Å². The topological polar surface area (TPSA) is 37.3 Å². The molecule has 0 aromatic heterocycles. The standard InChI is InChI=1S/C11H14F2O2S/c1-2-11(16(15)6-5-14)9-4-3-8(12)7-10(9)13/h3-4,7,11,14H,2,5-6H2,1H3. The van der Waals surface area contributed by atoms with Crippen LogP contribution in [0.2, 0.25) is 0 Å². The van der Waals surface area contributed by atoms with E-state index in [1.807, 2.05) is 0 Å². The van der Waals surface area contributed by atoms with Crippen LogP contribution in [0.3, 0.4) is 0 Å². The van der Waals surface area contributed by atoms with Crippen LogP contribution < -0.4 is 0 Å². The Bertz CT molecular complexity index is 382. The van der Waals surface area contributed by atoms with E-state index in [1.54, 1.807) is 6.92 Å². The van der Waals surface area contributed by atoms with Gasteiger partial charge in [-0.2, -0.15) is 0 Å². The zero-order chi connectivity index (χ0) is 12.1. The molecule has 1 aromatic carbocycles. The van der Waals surface area contributed by atoms with Crippen molar-refractivity contribution in [2.45, 2.75) is 18.6 Å². The van der Waals surface area contributed by atoms with Crippen molar-refractivity contribution < 1.29 is 18.1 Å². The summed E-state index contributed by atoms with van der Waals surface area (Å²) in [5.41, 5.74) is 0.246. The summed E-state index contributed by atoms with van der Waals surface area (Å²) in [6.07, 6.45) is 0.481. The van der Waals surface area contributed by atoms with Gasteiger partial charge in [-0.15, -0.1) is 0 Å². The third kappa shape index (κ3) is 3.09. The van der Waals surface area contributed by atoms with E-state index in [1.165, 1.54) is 6.07 Å². The van der Waals surface area contributed by atoms with Crippen molar-refractivity contribution in [2.75, 3.05) is 12.4 Å². The molecular formula is C11H14F2O2S. The molecule has 0 bridgehead atoms. The minimum Gasteiger partial charge on any atom is -0.395 e. The van der Waals surface area contributed by atoms with Gasteiger partial charge in [0.2, 0.25) is 0 Å². The van der Waals surface area contributed by atoms with Crippen LogP contribution in [0.25, 0.3) is 0 Å². The summed E-state index contributed by atoms with van der Waals surface area (Å²) in [6, 6.07) is 3.25. The third-order valence-electron chi connectivity index (χ3n) is 2.29. The van der Waals surface area contributed by atoms with Gasteiger partial charge in [-0.1, -0.05) is 13.0 Å². The van der Waals surface area contributed by atoms with Gasteiger partial charge >= 0.3 is 0 Å². The van der Waals surface area contributed by atoms with Gasteiger partial charge < -0.3 is 5.11 Å². The lowest BCUT2D eigenvalue weighted by Gasteiger charge is -2.15.